The molecular formula is C18H23N5OS. The quantitative estimate of drug-likeness (QED) is 0.711. The van der Waals surface area contributed by atoms with Crippen LogP contribution < -0.4 is 10.6 Å². The van der Waals surface area contributed by atoms with Gasteiger partial charge in [-0.15, -0.1) is 11.3 Å². The Hall–Kier alpha value is -2.25. The maximum atomic E-state index is 12.9. The number of amides is 1. The van der Waals surface area contributed by atoms with Crippen molar-refractivity contribution in [3.05, 3.63) is 34.8 Å². The summed E-state index contributed by atoms with van der Waals surface area (Å²) in [5.74, 6) is -0.0916. The van der Waals surface area contributed by atoms with Crippen LogP contribution in [0.2, 0.25) is 0 Å². The van der Waals surface area contributed by atoms with Gasteiger partial charge in [0.1, 0.15) is 0 Å². The summed E-state index contributed by atoms with van der Waals surface area (Å²) < 4.78 is 1.74. The topological polar surface area (TPSA) is 71.8 Å². The summed E-state index contributed by atoms with van der Waals surface area (Å²) in [7, 11) is 1.86. The zero-order valence-electron chi connectivity index (χ0n) is 15.0. The smallest absolute Gasteiger partial charge is 0.252 e. The minimum absolute atomic E-state index is 0.0916. The molecule has 3 aromatic heterocycles. The highest BCUT2D eigenvalue weighted by Crippen LogP contribution is 2.29. The molecule has 0 saturated carbocycles. The summed E-state index contributed by atoms with van der Waals surface area (Å²) in [6.07, 6.45) is 0. The van der Waals surface area contributed by atoms with Crippen LogP contribution >= 0.6 is 11.3 Å². The van der Waals surface area contributed by atoms with Gasteiger partial charge in [0.15, 0.2) is 5.65 Å². The van der Waals surface area contributed by atoms with Gasteiger partial charge in [0.05, 0.1) is 27.2 Å². The second kappa shape index (κ2) is 7.33. The SMILES string of the molecule is CCN[C@H](C)CNC(=O)c1cc(-c2cccs2)nc2c1c(C)nn2C. The second-order valence-electron chi connectivity index (χ2n) is 6.11. The Labute approximate surface area is 151 Å². The molecule has 25 heavy (non-hydrogen) atoms. The van der Waals surface area contributed by atoms with Crippen molar-refractivity contribution >= 4 is 28.3 Å². The Bertz CT molecular complexity index is 885. The van der Waals surface area contributed by atoms with Gasteiger partial charge in [-0.1, -0.05) is 13.0 Å². The second-order valence-corrected chi connectivity index (χ2v) is 7.06. The normalized spacial score (nSPS) is 12.5. The van der Waals surface area contributed by atoms with E-state index in [0.717, 1.165) is 33.8 Å². The third-order valence-electron chi connectivity index (χ3n) is 4.11. The minimum atomic E-state index is -0.0916. The van der Waals surface area contributed by atoms with E-state index in [9.17, 15) is 4.79 Å². The van der Waals surface area contributed by atoms with E-state index < -0.39 is 0 Å². The van der Waals surface area contributed by atoms with E-state index >= 15 is 0 Å². The number of nitrogens with one attached hydrogen (secondary N) is 2. The molecule has 0 bridgehead atoms. The zero-order valence-corrected chi connectivity index (χ0v) is 15.8. The van der Waals surface area contributed by atoms with Crippen LogP contribution in [0.25, 0.3) is 21.6 Å². The lowest BCUT2D eigenvalue weighted by Gasteiger charge is -2.14. The number of hydrogen-bond acceptors (Lipinski definition) is 5. The highest BCUT2D eigenvalue weighted by molar-refractivity contribution is 7.13. The van der Waals surface area contributed by atoms with Crippen LogP contribution in [-0.2, 0) is 7.05 Å². The fourth-order valence-corrected chi connectivity index (χ4v) is 3.62. The van der Waals surface area contributed by atoms with Crippen LogP contribution in [0.3, 0.4) is 0 Å². The molecule has 6 nitrogen and oxygen atoms in total. The van der Waals surface area contributed by atoms with Crippen molar-refractivity contribution in [2.45, 2.75) is 26.8 Å². The first-order valence-corrected chi connectivity index (χ1v) is 9.29. The molecule has 7 heteroatoms. The Balaban J connectivity index is 2.01. The molecule has 1 atom stereocenters. The van der Waals surface area contributed by atoms with Crippen LogP contribution in [0.4, 0.5) is 0 Å². The first kappa shape index (κ1) is 17.6. The molecule has 2 N–H and O–H groups in total. The number of thiophene rings is 1. The van der Waals surface area contributed by atoms with E-state index in [1.165, 1.54) is 0 Å². The standard InChI is InChI=1S/C18H23N5OS/c1-5-19-11(2)10-20-18(24)13-9-14(15-7-6-8-25-15)21-17-16(13)12(3)22-23(17)4/h6-9,11,19H,5,10H2,1-4H3,(H,20,24)/t11-/m1/s1. The monoisotopic (exact) mass is 357 g/mol. The number of likely N-dealkylation sites (N-methyl/N-ethyl adjacent to an activating group) is 1. The van der Waals surface area contributed by atoms with Gasteiger partial charge >= 0.3 is 0 Å². The maximum Gasteiger partial charge on any atom is 0.252 e. The Morgan fingerprint density at radius 1 is 1.44 bits per heavy atom. The predicted molar refractivity (Wildman–Crippen MR) is 102 cm³/mol. The van der Waals surface area contributed by atoms with Gasteiger partial charge in [-0.3, -0.25) is 9.48 Å². The van der Waals surface area contributed by atoms with Crippen LogP contribution in [0.5, 0.6) is 0 Å². The number of fused-ring (bicyclic) bond motifs is 1. The van der Waals surface area contributed by atoms with Gasteiger partial charge in [-0.05, 0) is 37.9 Å². The van der Waals surface area contributed by atoms with Crippen molar-refractivity contribution in [2.75, 3.05) is 13.1 Å². The number of carbonyl (C=O) groups excluding carboxylic acids is 1. The lowest BCUT2D eigenvalue weighted by Crippen LogP contribution is -2.38. The van der Waals surface area contributed by atoms with E-state index in [0.29, 0.717) is 12.1 Å². The molecule has 3 heterocycles. The number of hydrogen-bond donors (Lipinski definition) is 2. The van der Waals surface area contributed by atoms with Gasteiger partial charge < -0.3 is 10.6 Å². The van der Waals surface area contributed by atoms with Gasteiger partial charge in [0.25, 0.3) is 5.91 Å². The third-order valence-corrected chi connectivity index (χ3v) is 5.00. The largest absolute Gasteiger partial charge is 0.350 e. The van der Waals surface area contributed by atoms with Crippen LogP contribution in [-0.4, -0.2) is 39.8 Å². The number of carbonyl (C=O) groups is 1. The zero-order chi connectivity index (χ0) is 18.0. The molecule has 1 amide bonds. The first-order valence-electron chi connectivity index (χ1n) is 8.41. The highest BCUT2D eigenvalue weighted by atomic mass is 32.1. The summed E-state index contributed by atoms with van der Waals surface area (Å²) in [6, 6.07) is 6.09. The third kappa shape index (κ3) is 3.57. The van der Waals surface area contributed by atoms with Crippen LogP contribution in [0.15, 0.2) is 23.6 Å². The number of aromatic nitrogens is 3. The molecule has 132 valence electrons. The molecule has 0 radical (unpaired) electrons. The van der Waals surface area contributed by atoms with E-state index in [1.54, 1.807) is 16.0 Å². The fraction of sp³-hybridized carbons (Fsp3) is 0.389. The lowest BCUT2D eigenvalue weighted by molar-refractivity contribution is 0.0952. The molecular weight excluding hydrogens is 334 g/mol. The van der Waals surface area contributed by atoms with E-state index in [2.05, 4.69) is 29.6 Å². The summed E-state index contributed by atoms with van der Waals surface area (Å²) in [5, 5.41) is 13.6. The average Bonchev–Trinajstić information content (AvgIpc) is 3.21. The van der Waals surface area contributed by atoms with Crippen molar-refractivity contribution in [1.29, 1.82) is 0 Å². The summed E-state index contributed by atoms with van der Waals surface area (Å²) in [4.78, 5) is 18.6. The number of rotatable bonds is 6. The summed E-state index contributed by atoms with van der Waals surface area (Å²) in [6.45, 7) is 7.47. The van der Waals surface area contributed by atoms with E-state index in [4.69, 9.17) is 4.98 Å². The van der Waals surface area contributed by atoms with Gasteiger partial charge in [0, 0.05) is 19.6 Å². The van der Waals surface area contributed by atoms with Crippen molar-refractivity contribution in [1.82, 2.24) is 25.4 Å². The first-order chi connectivity index (χ1) is 12.0. The molecule has 0 aliphatic rings. The van der Waals surface area contributed by atoms with Gasteiger partial charge in [-0.2, -0.15) is 5.10 Å². The Morgan fingerprint density at radius 2 is 2.24 bits per heavy atom. The van der Waals surface area contributed by atoms with Crippen molar-refractivity contribution in [3.63, 3.8) is 0 Å². The van der Waals surface area contributed by atoms with Crippen molar-refractivity contribution < 1.29 is 4.79 Å². The molecule has 0 aromatic carbocycles. The number of pyridine rings is 1. The van der Waals surface area contributed by atoms with E-state index in [-0.39, 0.29) is 11.9 Å². The molecule has 0 fully saturated rings. The minimum Gasteiger partial charge on any atom is -0.350 e. The molecule has 0 saturated heterocycles. The number of nitrogens with zero attached hydrogens (tertiary/aromatic N) is 3. The van der Waals surface area contributed by atoms with Crippen molar-refractivity contribution in [3.8, 4) is 10.6 Å². The van der Waals surface area contributed by atoms with Crippen molar-refractivity contribution in [2.24, 2.45) is 7.05 Å². The Morgan fingerprint density at radius 3 is 2.92 bits per heavy atom. The summed E-state index contributed by atoms with van der Waals surface area (Å²) >= 11 is 1.61. The maximum absolute atomic E-state index is 12.9. The van der Waals surface area contributed by atoms with Gasteiger partial charge in [-0.25, -0.2) is 4.98 Å². The molecule has 0 spiro atoms. The highest BCUT2D eigenvalue weighted by Gasteiger charge is 2.19. The molecule has 0 aliphatic carbocycles. The molecule has 0 aliphatic heterocycles. The summed E-state index contributed by atoms with van der Waals surface area (Å²) in [5.41, 5.74) is 2.97. The predicted octanol–water partition coefficient (Wildman–Crippen LogP) is 2.73. The molecule has 3 aromatic rings. The van der Waals surface area contributed by atoms with Gasteiger partial charge in [0.2, 0.25) is 0 Å². The average molecular weight is 357 g/mol. The number of aryl methyl sites for hydroxylation is 2. The lowest BCUT2D eigenvalue weighted by atomic mass is 10.1. The van der Waals surface area contributed by atoms with Crippen LogP contribution in [0.1, 0.15) is 29.9 Å². The Kier molecular flexibility index (Phi) is 5.15. The molecule has 3 rings (SSSR count). The van der Waals surface area contributed by atoms with Crippen LogP contribution in [0, 0.1) is 6.92 Å². The molecule has 0 unspecified atom stereocenters. The fourth-order valence-electron chi connectivity index (χ4n) is 2.94. The van der Waals surface area contributed by atoms with E-state index in [1.807, 2.05) is 37.6 Å².